The molecular weight excluding hydrogens is 346 g/mol. The van der Waals surface area contributed by atoms with Gasteiger partial charge in [0.15, 0.2) is 4.32 Å². The number of anilines is 1. The largest absolute Gasteiger partial charge is 0.270 e. The molecule has 1 saturated heterocycles. The van der Waals surface area contributed by atoms with Gasteiger partial charge in [-0.3, -0.25) is 9.69 Å². The van der Waals surface area contributed by atoms with Crippen LogP contribution in [0.3, 0.4) is 0 Å². The molecule has 0 aliphatic carbocycles. The van der Waals surface area contributed by atoms with E-state index in [9.17, 15) is 4.79 Å². The summed E-state index contributed by atoms with van der Waals surface area (Å²) in [6.07, 6.45) is 1.92. The predicted molar refractivity (Wildman–Crippen MR) is 112 cm³/mol. The summed E-state index contributed by atoms with van der Waals surface area (Å²) < 4.78 is 0.582. The Morgan fingerprint density at radius 3 is 2.32 bits per heavy atom. The minimum atomic E-state index is -0.0498. The van der Waals surface area contributed by atoms with Crippen molar-refractivity contribution in [2.45, 2.75) is 33.6 Å². The maximum atomic E-state index is 12.8. The van der Waals surface area contributed by atoms with Crippen LogP contribution in [0, 0.1) is 13.8 Å². The van der Waals surface area contributed by atoms with Crippen LogP contribution >= 0.6 is 24.0 Å². The first-order valence-corrected chi connectivity index (χ1v) is 9.54. The third-order valence-corrected chi connectivity index (χ3v) is 5.75. The lowest BCUT2D eigenvalue weighted by Crippen LogP contribution is -2.27. The Morgan fingerprint density at radius 1 is 1.04 bits per heavy atom. The van der Waals surface area contributed by atoms with Crippen LogP contribution in [-0.4, -0.2) is 10.2 Å². The van der Waals surface area contributed by atoms with Gasteiger partial charge >= 0.3 is 0 Å². The topological polar surface area (TPSA) is 20.3 Å². The Hall–Kier alpha value is -1.91. The maximum Gasteiger partial charge on any atom is 0.270 e. The lowest BCUT2D eigenvalue weighted by Gasteiger charge is -2.15. The monoisotopic (exact) mass is 367 g/mol. The van der Waals surface area contributed by atoms with Crippen LogP contribution in [0.1, 0.15) is 42.0 Å². The quantitative estimate of drug-likeness (QED) is 0.503. The highest BCUT2D eigenvalue weighted by atomic mass is 32.2. The highest BCUT2D eigenvalue weighted by Gasteiger charge is 2.33. The second-order valence-corrected chi connectivity index (χ2v) is 8.28. The Labute approximate surface area is 158 Å². The van der Waals surface area contributed by atoms with E-state index in [1.165, 1.54) is 22.9 Å². The van der Waals surface area contributed by atoms with Gasteiger partial charge in [0.1, 0.15) is 0 Å². The molecule has 25 heavy (non-hydrogen) atoms. The van der Waals surface area contributed by atoms with Crippen LogP contribution < -0.4 is 4.90 Å². The van der Waals surface area contributed by atoms with E-state index in [0.717, 1.165) is 16.8 Å². The number of aryl methyl sites for hydroxylation is 2. The highest BCUT2D eigenvalue weighted by molar-refractivity contribution is 8.27. The zero-order valence-corrected chi connectivity index (χ0v) is 16.5. The molecule has 1 aliphatic rings. The summed E-state index contributed by atoms with van der Waals surface area (Å²) in [6.45, 7) is 8.44. The van der Waals surface area contributed by atoms with Gasteiger partial charge in [0.2, 0.25) is 0 Å². The second kappa shape index (κ2) is 7.14. The summed E-state index contributed by atoms with van der Waals surface area (Å²) >= 11 is 6.81. The van der Waals surface area contributed by atoms with Crippen molar-refractivity contribution in [2.24, 2.45) is 0 Å². The first kappa shape index (κ1) is 17.9. The fourth-order valence-corrected chi connectivity index (χ4v) is 3.98. The van der Waals surface area contributed by atoms with E-state index in [-0.39, 0.29) is 5.91 Å². The molecule has 1 aliphatic heterocycles. The second-order valence-electron chi connectivity index (χ2n) is 6.61. The molecule has 1 fully saturated rings. The first-order chi connectivity index (χ1) is 11.9. The fraction of sp³-hybridized carbons (Fsp3) is 0.238. The van der Waals surface area contributed by atoms with Crippen molar-refractivity contribution in [3.63, 3.8) is 0 Å². The predicted octanol–water partition coefficient (Wildman–Crippen LogP) is 5.83. The molecule has 4 heteroatoms. The number of nitrogens with zero attached hydrogens (tertiary/aromatic N) is 1. The van der Waals surface area contributed by atoms with Gasteiger partial charge < -0.3 is 0 Å². The molecule has 0 bridgehead atoms. The van der Waals surface area contributed by atoms with E-state index in [4.69, 9.17) is 12.2 Å². The number of carbonyl (C=O) groups excluding carboxylic acids is 1. The van der Waals surface area contributed by atoms with Gasteiger partial charge in [-0.2, -0.15) is 0 Å². The fourth-order valence-electron chi connectivity index (χ4n) is 2.68. The summed E-state index contributed by atoms with van der Waals surface area (Å²) in [4.78, 5) is 15.1. The smallest absolute Gasteiger partial charge is 0.268 e. The van der Waals surface area contributed by atoms with Crippen LogP contribution in [-0.2, 0) is 4.79 Å². The molecule has 0 spiro atoms. The van der Waals surface area contributed by atoms with Crippen molar-refractivity contribution in [1.29, 1.82) is 0 Å². The molecule has 1 amide bonds. The molecule has 0 radical (unpaired) electrons. The van der Waals surface area contributed by atoms with Gasteiger partial charge in [-0.1, -0.05) is 68.2 Å². The van der Waals surface area contributed by atoms with E-state index in [1.807, 2.05) is 31.2 Å². The lowest BCUT2D eigenvalue weighted by molar-refractivity contribution is -0.113. The number of amides is 1. The summed E-state index contributed by atoms with van der Waals surface area (Å²) in [5, 5.41) is 0. The van der Waals surface area contributed by atoms with Crippen LogP contribution in [0.25, 0.3) is 6.08 Å². The number of carbonyl (C=O) groups is 1. The molecule has 3 rings (SSSR count). The first-order valence-electron chi connectivity index (χ1n) is 8.32. The van der Waals surface area contributed by atoms with E-state index < -0.39 is 0 Å². The summed E-state index contributed by atoms with van der Waals surface area (Å²) in [6, 6.07) is 14.3. The van der Waals surface area contributed by atoms with Crippen LogP contribution in [0.4, 0.5) is 5.69 Å². The van der Waals surface area contributed by atoms with Gasteiger partial charge in [0.05, 0.1) is 10.6 Å². The average Bonchev–Trinajstić information content (AvgIpc) is 2.85. The van der Waals surface area contributed by atoms with Crippen molar-refractivity contribution < 1.29 is 4.79 Å². The van der Waals surface area contributed by atoms with Crippen molar-refractivity contribution in [3.8, 4) is 0 Å². The molecule has 0 saturated carbocycles. The highest BCUT2D eigenvalue weighted by Crippen LogP contribution is 2.36. The molecule has 2 nitrogen and oxygen atoms in total. The van der Waals surface area contributed by atoms with Gasteiger partial charge in [-0.05, 0) is 60.2 Å². The summed E-state index contributed by atoms with van der Waals surface area (Å²) in [5.74, 6) is 0.447. The minimum absolute atomic E-state index is 0.0498. The van der Waals surface area contributed by atoms with Crippen molar-refractivity contribution >= 4 is 46.0 Å². The molecule has 0 unspecified atom stereocenters. The van der Waals surface area contributed by atoms with E-state index in [0.29, 0.717) is 15.1 Å². The van der Waals surface area contributed by atoms with E-state index >= 15 is 0 Å². The Morgan fingerprint density at radius 2 is 1.72 bits per heavy atom. The van der Waals surface area contributed by atoms with Crippen molar-refractivity contribution in [3.05, 3.63) is 69.6 Å². The Balaban J connectivity index is 1.88. The Bertz CT molecular complexity index is 866. The SMILES string of the molecule is Cc1ccc(N2C(=O)/C(=C/c3ccc(C(C)C)cc3)SC2=S)cc1C. The van der Waals surface area contributed by atoms with Gasteiger partial charge in [0.25, 0.3) is 5.91 Å². The standard InChI is InChI=1S/C21H21NOS2/c1-13(2)17-8-6-16(7-9-17)12-19-20(23)22(21(24)25-19)18-10-5-14(3)15(4)11-18/h5-13H,1-4H3/b19-12-. The van der Waals surface area contributed by atoms with Gasteiger partial charge in [-0.25, -0.2) is 0 Å². The molecule has 0 N–H and O–H groups in total. The van der Waals surface area contributed by atoms with E-state index in [1.54, 1.807) is 4.90 Å². The molecule has 0 aromatic heterocycles. The Kier molecular flexibility index (Phi) is 5.11. The average molecular weight is 368 g/mol. The van der Waals surface area contributed by atoms with Crippen molar-refractivity contribution in [1.82, 2.24) is 0 Å². The molecular formula is C21H21NOS2. The lowest BCUT2D eigenvalue weighted by atomic mass is 10.0. The molecule has 2 aromatic rings. The zero-order valence-electron chi connectivity index (χ0n) is 14.9. The number of rotatable bonds is 3. The number of benzene rings is 2. The summed E-state index contributed by atoms with van der Waals surface area (Å²) in [5.41, 5.74) is 5.50. The summed E-state index contributed by atoms with van der Waals surface area (Å²) in [7, 11) is 0. The molecule has 1 heterocycles. The van der Waals surface area contributed by atoms with Crippen LogP contribution in [0.2, 0.25) is 0 Å². The molecule has 0 atom stereocenters. The van der Waals surface area contributed by atoms with Crippen LogP contribution in [0.5, 0.6) is 0 Å². The zero-order chi connectivity index (χ0) is 18.1. The number of thiocarbonyl (C=S) groups is 1. The minimum Gasteiger partial charge on any atom is -0.268 e. The van der Waals surface area contributed by atoms with Crippen molar-refractivity contribution in [2.75, 3.05) is 4.90 Å². The van der Waals surface area contributed by atoms with Gasteiger partial charge in [0, 0.05) is 0 Å². The van der Waals surface area contributed by atoms with E-state index in [2.05, 4.69) is 45.0 Å². The van der Waals surface area contributed by atoms with Gasteiger partial charge in [-0.15, -0.1) is 0 Å². The molecule has 2 aromatic carbocycles. The third kappa shape index (κ3) is 3.70. The third-order valence-electron chi connectivity index (χ3n) is 4.44. The molecule has 128 valence electrons. The maximum absolute atomic E-state index is 12.8. The number of thioether (sulfide) groups is 1. The number of hydrogen-bond acceptors (Lipinski definition) is 3. The van der Waals surface area contributed by atoms with Crippen LogP contribution in [0.15, 0.2) is 47.4 Å². The normalized spacial score (nSPS) is 16.4. The number of hydrogen-bond donors (Lipinski definition) is 0.